The molecule has 1 heterocycles. The molecule has 0 aromatic heterocycles. The minimum atomic E-state index is -3.06. The maximum atomic E-state index is 12.1. The summed E-state index contributed by atoms with van der Waals surface area (Å²) in [6.07, 6.45) is 1.92. The molecule has 1 aliphatic heterocycles. The molecule has 0 aliphatic carbocycles. The number of carbonyl (C=O) groups is 1. The molecule has 0 radical (unpaired) electrons. The topological polar surface area (TPSA) is 88.1 Å². The van der Waals surface area contributed by atoms with E-state index in [9.17, 15) is 13.2 Å². The van der Waals surface area contributed by atoms with Crippen molar-refractivity contribution in [3.8, 4) is 0 Å². The number of methoxy groups -OCH3 is 1. The number of esters is 1. The van der Waals surface area contributed by atoms with Crippen molar-refractivity contribution in [2.75, 3.05) is 39.0 Å². The normalized spacial score (nSPS) is 20.2. The van der Waals surface area contributed by atoms with Crippen LogP contribution in [0.3, 0.4) is 0 Å². The van der Waals surface area contributed by atoms with Gasteiger partial charge in [0.1, 0.15) is 0 Å². The van der Waals surface area contributed by atoms with Crippen LogP contribution in [0.4, 0.5) is 0 Å². The van der Waals surface area contributed by atoms with E-state index in [0.29, 0.717) is 26.1 Å². The van der Waals surface area contributed by atoms with E-state index in [1.54, 1.807) is 13.8 Å². The van der Waals surface area contributed by atoms with Gasteiger partial charge in [0.05, 0.1) is 17.6 Å². The average Bonchev–Trinajstić information content (AvgIpc) is 2.48. The molecule has 0 aromatic rings. The van der Waals surface area contributed by atoms with E-state index in [2.05, 4.69) is 15.0 Å². The van der Waals surface area contributed by atoms with Gasteiger partial charge in [-0.15, -0.1) is 0 Å². The maximum absolute atomic E-state index is 12.1. The highest BCUT2D eigenvalue weighted by Gasteiger charge is 2.40. The van der Waals surface area contributed by atoms with E-state index in [0.717, 1.165) is 25.3 Å². The number of sulfone groups is 1. The number of rotatable bonds is 6. The fraction of sp³-hybridized carbons (Fsp3) is 0.867. The third-order valence-electron chi connectivity index (χ3n) is 3.96. The Kier molecular flexibility index (Phi) is 7.31. The highest BCUT2D eigenvalue weighted by Crippen LogP contribution is 2.23. The van der Waals surface area contributed by atoms with Crippen LogP contribution in [-0.4, -0.2) is 69.0 Å². The first-order valence-electron chi connectivity index (χ1n) is 8.06. The number of guanidine groups is 1. The molecule has 134 valence electrons. The van der Waals surface area contributed by atoms with Gasteiger partial charge in [-0.2, -0.15) is 0 Å². The molecule has 1 aliphatic rings. The second-order valence-corrected chi connectivity index (χ2v) is 9.01. The number of nitrogens with zero attached hydrogens (tertiary/aromatic N) is 2. The van der Waals surface area contributed by atoms with E-state index in [4.69, 9.17) is 0 Å². The molecule has 8 heteroatoms. The SMILES string of the molecule is CCNC(=NCCCCC(=O)OC)N1CCS(=O)(=O)C(C)(C)C1. The Morgan fingerprint density at radius 3 is 2.61 bits per heavy atom. The Labute approximate surface area is 139 Å². The molecule has 0 unspecified atom stereocenters. The molecule has 1 fully saturated rings. The van der Waals surface area contributed by atoms with Gasteiger partial charge in [-0.25, -0.2) is 8.42 Å². The lowest BCUT2D eigenvalue weighted by Gasteiger charge is -2.39. The highest BCUT2D eigenvalue weighted by molar-refractivity contribution is 7.92. The van der Waals surface area contributed by atoms with Crippen molar-refractivity contribution in [3.63, 3.8) is 0 Å². The van der Waals surface area contributed by atoms with Crippen molar-refractivity contribution in [3.05, 3.63) is 0 Å². The zero-order valence-corrected chi connectivity index (χ0v) is 15.4. The molecule has 1 saturated heterocycles. The van der Waals surface area contributed by atoms with Crippen LogP contribution >= 0.6 is 0 Å². The zero-order chi connectivity index (χ0) is 17.5. The predicted molar refractivity (Wildman–Crippen MR) is 91.3 cm³/mol. The summed E-state index contributed by atoms with van der Waals surface area (Å²) in [4.78, 5) is 17.6. The van der Waals surface area contributed by atoms with Crippen molar-refractivity contribution in [1.82, 2.24) is 10.2 Å². The van der Waals surface area contributed by atoms with E-state index < -0.39 is 14.6 Å². The number of aliphatic imine (C=N–C) groups is 1. The Balaban J connectivity index is 2.60. The average molecular weight is 347 g/mol. The van der Waals surface area contributed by atoms with Crippen LogP contribution in [-0.2, 0) is 19.4 Å². The lowest BCUT2D eigenvalue weighted by atomic mass is 10.2. The second-order valence-electron chi connectivity index (χ2n) is 6.27. The van der Waals surface area contributed by atoms with Crippen LogP contribution in [0.1, 0.15) is 40.0 Å². The lowest BCUT2D eigenvalue weighted by molar-refractivity contribution is -0.140. The van der Waals surface area contributed by atoms with Gasteiger partial charge in [0.25, 0.3) is 0 Å². The summed E-state index contributed by atoms with van der Waals surface area (Å²) in [7, 11) is -1.67. The molecule has 1 N–H and O–H groups in total. The Morgan fingerprint density at radius 1 is 1.35 bits per heavy atom. The van der Waals surface area contributed by atoms with Gasteiger partial charge in [0.2, 0.25) is 0 Å². The minimum Gasteiger partial charge on any atom is -0.469 e. The van der Waals surface area contributed by atoms with Crippen molar-refractivity contribution in [2.24, 2.45) is 4.99 Å². The third kappa shape index (κ3) is 5.67. The molecular formula is C15H29N3O4S. The van der Waals surface area contributed by atoms with Crippen LogP contribution < -0.4 is 5.32 Å². The summed E-state index contributed by atoms with van der Waals surface area (Å²) in [6.45, 7) is 7.72. The first-order chi connectivity index (χ1) is 10.7. The first kappa shape index (κ1) is 19.7. The number of hydrogen-bond donors (Lipinski definition) is 1. The maximum Gasteiger partial charge on any atom is 0.305 e. The summed E-state index contributed by atoms with van der Waals surface area (Å²) < 4.78 is 28.0. The number of ether oxygens (including phenoxy) is 1. The lowest BCUT2D eigenvalue weighted by Crippen LogP contribution is -2.57. The second kappa shape index (κ2) is 8.52. The highest BCUT2D eigenvalue weighted by atomic mass is 32.2. The fourth-order valence-corrected chi connectivity index (χ4v) is 3.78. The summed E-state index contributed by atoms with van der Waals surface area (Å²) in [6, 6.07) is 0. The van der Waals surface area contributed by atoms with Crippen LogP contribution in [0, 0.1) is 0 Å². The smallest absolute Gasteiger partial charge is 0.305 e. The van der Waals surface area contributed by atoms with Crippen molar-refractivity contribution in [1.29, 1.82) is 0 Å². The summed E-state index contributed by atoms with van der Waals surface area (Å²) in [5, 5.41) is 3.22. The molecule has 0 bridgehead atoms. The van der Waals surface area contributed by atoms with Crippen molar-refractivity contribution >= 4 is 21.8 Å². The van der Waals surface area contributed by atoms with Crippen LogP contribution in [0.15, 0.2) is 4.99 Å². The Bertz CT molecular complexity index is 529. The largest absolute Gasteiger partial charge is 0.469 e. The Morgan fingerprint density at radius 2 is 2.04 bits per heavy atom. The summed E-state index contributed by atoms with van der Waals surface area (Å²) >= 11 is 0. The fourth-order valence-electron chi connectivity index (χ4n) is 2.42. The number of hydrogen-bond acceptors (Lipinski definition) is 5. The standard InChI is InChI=1S/C15H29N3O4S/c1-5-16-14(17-9-7-6-8-13(19)22-4)18-10-11-23(20,21)15(2,3)12-18/h5-12H2,1-4H3,(H,16,17). The van der Waals surface area contributed by atoms with Gasteiger partial charge < -0.3 is 15.0 Å². The minimum absolute atomic E-state index is 0.146. The molecule has 0 amide bonds. The number of carbonyl (C=O) groups excluding carboxylic acids is 1. The molecular weight excluding hydrogens is 318 g/mol. The first-order valence-corrected chi connectivity index (χ1v) is 9.71. The number of unbranched alkanes of at least 4 members (excludes halogenated alkanes) is 1. The summed E-state index contributed by atoms with van der Waals surface area (Å²) in [5.41, 5.74) is 0. The Hall–Kier alpha value is -1.31. The molecule has 0 aromatic carbocycles. The van der Waals surface area contributed by atoms with Gasteiger partial charge in [-0.1, -0.05) is 0 Å². The van der Waals surface area contributed by atoms with E-state index in [1.165, 1.54) is 7.11 Å². The van der Waals surface area contributed by atoms with Gasteiger partial charge in [-0.05, 0) is 33.6 Å². The van der Waals surface area contributed by atoms with Crippen LogP contribution in [0.2, 0.25) is 0 Å². The van der Waals surface area contributed by atoms with E-state index >= 15 is 0 Å². The molecule has 0 atom stereocenters. The monoisotopic (exact) mass is 347 g/mol. The van der Waals surface area contributed by atoms with Crippen molar-refractivity contribution < 1.29 is 17.9 Å². The van der Waals surface area contributed by atoms with Crippen LogP contribution in [0.25, 0.3) is 0 Å². The molecule has 0 saturated carbocycles. The van der Waals surface area contributed by atoms with Gasteiger partial charge >= 0.3 is 5.97 Å². The third-order valence-corrected chi connectivity index (χ3v) is 6.49. The molecule has 0 spiro atoms. The van der Waals surface area contributed by atoms with Gasteiger partial charge in [-0.3, -0.25) is 9.79 Å². The molecule has 1 rings (SSSR count). The van der Waals surface area contributed by atoms with Gasteiger partial charge in [0.15, 0.2) is 15.8 Å². The van der Waals surface area contributed by atoms with E-state index in [-0.39, 0.29) is 11.7 Å². The molecule has 23 heavy (non-hydrogen) atoms. The quantitative estimate of drug-likeness (QED) is 0.331. The van der Waals surface area contributed by atoms with E-state index in [1.807, 2.05) is 11.8 Å². The van der Waals surface area contributed by atoms with Crippen LogP contribution in [0.5, 0.6) is 0 Å². The molecule has 7 nitrogen and oxygen atoms in total. The van der Waals surface area contributed by atoms with Gasteiger partial charge in [0, 0.05) is 32.6 Å². The predicted octanol–water partition coefficient (Wildman–Crippen LogP) is 0.804. The van der Waals surface area contributed by atoms with Crippen molar-refractivity contribution in [2.45, 2.75) is 44.8 Å². The zero-order valence-electron chi connectivity index (χ0n) is 14.6. The number of nitrogens with one attached hydrogen (secondary N) is 1. The summed E-state index contributed by atoms with van der Waals surface area (Å²) in [5.74, 6) is 0.685.